The van der Waals surface area contributed by atoms with Gasteiger partial charge in [-0.25, -0.2) is 4.79 Å². The minimum atomic E-state index is -0.804. The molecule has 0 radical (unpaired) electrons. The van der Waals surface area contributed by atoms with Gasteiger partial charge in [0.15, 0.2) is 0 Å². The zero-order chi connectivity index (χ0) is 26.8. The molecule has 0 aromatic heterocycles. The maximum atomic E-state index is 13.0. The van der Waals surface area contributed by atoms with E-state index in [2.05, 4.69) is 26.6 Å². The first kappa shape index (κ1) is 32.9. The van der Waals surface area contributed by atoms with Gasteiger partial charge in [-0.3, -0.25) is 19.2 Å². The van der Waals surface area contributed by atoms with Gasteiger partial charge in [0.2, 0.25) is 23.6 Å². The molecule has 13 heteroatoms. The topological polar surface area (TPSA) is 172 Å². The molecule has 0 fully saturated rings. The molecule has 0 spiro atoms. The fourth-order valence-corrected chi connectivity index (χ4v) is 3.41. The van der Waals surface area contributed by atoms with Crippen molar-refractivity contribution >= 4 is 60.1 Å². The highest BCUT2D eigenvalue weighted by molar-refractivity contribution is 14.1. The van der Waals surface area contributed by atoms with Gasteiger partial charge in [-0.15, -0.1) is 0 Å². The molecule has 0 aliphatic heterocycles. The van der Waals surface area contributed by atoms with E-state index in [-0.39, 0.29) is 42.6 Å². The van der Waals surface area contributed by atoms with Crippen LogP contribution in [0.5, 0.6) is 0 Å². The Balaban J connectivity index is 4.85. The van der Waals surface area contributed by atoms with Gasteiger partial charge in [-0.1, -0.05) is 49.2 Å². The van der Waals surface area contributed by atoms with Crippen LogP contribution >= 0.6 is 22.6 Å². The first-order valence-electron chi connectivity index (χ1n) is 12.3. The van der Waals surface area contributed by atoms with Crippen LogP contribution in [-0.4, -0.2) is 73.1 Å². The second kappa shape index (κ2) is 19.2. The molecule has 35 heavy (non-hydrogen) atoms. The number of nitrogens with one attached hydrogen (secondary N) is 5. The quantitative estimate of drug-likeness (QED) is 0.0544. The summed E-state index contributed by atoms with van der Waals surface area (Å²) in [6.45, 7) is 6.39. The second-order valence-electron chi connectivity index (χ2n) is 8.90. The SMILES string of the molecule is BC[C@@H](C)NC(=O)[C@H](CCCNC(N)=O)NC(=O)C(NC(=O)CCCCCNC(=O)CI)C(C)C. The van der Waals surface area contributed by atoms with Crippen molar-refractivity contribution in [2.24, 2.45) is 11.7 Å². The molecule has 0 heterocycles. The zero-order valence-electron chi connectivity index (χ0n) is 21.4. The van der Waals surface area contributed by atoms with Gasteiger partial charge >= 0.3 is 6.03 Å². The van der Waals surface area contributed by atoms with Crippen molar-refractivity contribution in [2.45, 2.75) is 83.7 Å². The third-order valence-corrected chi connectivity index (χ3v) is 6.09. The Hall–Kier alpha value is -2.06. The van der Waals surface area contributed by atoms with Gasteiger partial charge in [0.05, 0.1) is 4.43 Å². The van der Waals surface area contributed by atoms with Crippen molar-refractivity contribution in [3.63, 3.8) is 0 Å². The summed E-state index contributed by atoms with van der Waals surface area (Å²) in [5.74, 6) is -1.16. The van der Waals surface area contributed by atoms with Gasteiger partial charge in [-0.2, -0.15) is 0 Å². The Morgan fingerprint density at radius 3 is 2.06 bits per heavy atom. The van der Waals surface area contributed by atoms with Crippen molar-refractivity contribution in [2.75, 3.05) is 17.5 Å². The van der Waals surface area contributed by atoms with E-state index in [9.17, 15) is 24.0 Å². The standard InChI is InChI=1S/C22H42BIN6O5/c1-14(2)19(30-17(31)9-5-4-6-10-26-18(32)13-24)21(34)29-16(8-7-11-27-22(25)35)20(33)28-15(3)12-23/h14-16,19H,4-13,23H2,1-3H3,(H,26,32)(H,28,33)(H,29,34)(H,30,31)(H3,25,27,35)/t15-,16+,19?/m1/s1. The van der Waals surface area contributed by atoms with E-state index in [4.69, 9.17) is 5.73 Å². The molecule has 0 aromatic rings. The zero-order valence-corrected chi connectivity index (χ0v) is 23.5. The van der Waals surface area contributed by atoms with E-state index in [0.29, 0.717) is 30.2 Å². The minimum absolute atomic E-state index is 0.00519. The lowest BCUT2D eigenvalue weighted by Gasteiger charge is -2.26. The number of carbonyl (C=O) groups excluding carboxylic acids is 5. The summed E-state index contributed by atoms with van der Waals surface area (Å²) in [5.41, 5.74) is 5.07. The van der Waals surface area contributed by atoms with Crippen molar-refractivity contribution in [1.82, 2.24) is 26.6 Å². The van der Waals surface area contributed by atoms with Crippen LogP contribution in [0.15, 0.2) is 0 Å². The predicted molar refractivity (Wildman–Crippen MR) is 147 cm³/mol. The number of urea groups is 1. The van der Waals surface area contributed by atoms with E-state index < -0.39 is 24.0 Å². The summed E-state index contributed by atoms with van der Waals surface area (Å²) in [4.78, 5) is 60.3. The first-order valence-corrected chi connectivity index (χ1v) is 13.8. The number of amides is 6. The number of alkyl halides is 1. The average Bonchev–Trinajstić information content (AvgIpc) is 2.80. The van der Waals surface area contributed by atoms with Crippen LogP contribution in [-0.2, 0) is 19.2 Å². The van der Waals surface area contributed by atoms with E-state index >= 15 is 0 Å². The highest BCUT2D eigenvalue weighted by atomic mass is 127. The molecule has 11 nitrogen and oxygen atoms in total. The smallest absolute Gasteiger partial charge is 0.312 e. The lowest BCUT2D eigenvalue weighted by atomic mass is 9.98. The van der Waals surface area contributed by atoms with Crippen LogP contribution in [0, 0.1) is 5.92 Å². The van der Waals surface area contributed by atoms with Gasteiger partial charge in [0.25, 0.3) is 0 Å². The number of primary amides is 1. The lowest BCUT2D eigenvalue weighted by Crippen LogP contribution is -2.56. The molecule has 7 N–H and O–H groups in total. The summed E-state index contributed by atoms with van der Waals surface area (Å²) in [7, 11) is 1.95. The van der Waals surface area contributed by atoms with Crippen molar-refractivity contribution in [3.05, 3.63) is 0 Å². The molecule has 0 aromatic carbocycles. The lowest BCUT2D eigenvalue weighted by molar-refractivity contribution is -0.133. The van der Waals surface area contributed by atoms with Crippen LogP contribution < -0.4 is 32.3 Å². The molecular weight excluding hydrogens is 566 g/mol. The summed E-state index contributed by atoms with van der Waals surface area (Å²) in [6, 6.07) is -2.29. The summed E-state index contributed by atoms with van der Waals surface area (Å²) >= 11 is 2.00. The number of rotatable bonds is 18. The molecule has 0 aliphatic rings. The summed E-state index contributed by atoms with van der Waals surface area (Å²) in [5, 5.41) is 13.7. The summed E-state index contributed by atoms with van der Waals surface area (Å²) < 4.78 is 0.420. The number of unbranched alkanes of at least 4 members (excludes halogenated alkanes) is 2. The average molecular weight is 608 g/mol. The van der Waals surface area contributed by atoms with E-state index in [1.807, 2.05) is 51.2 Å². The summed E-state index contributed by atoms with van der Waals surface area (Å²) in [6.07, 6.45) is 3.97. The van der Waals surface area contributed by atoms with Crippen LogP contribution in [0.4, 0.5) is 4.79 Å². The molecule has 200 valence electrons. The van der Waals surface area contributed by atoms with E-state index in [1.54, 1.807) is 0 Å². The Kier molecular flexibility index (Phi) is 18.0. The highest BCUT2D eigenvalue weighted by Gasteiger charge is 2.28. The second-order valence-corrected chi connectivity index (χ2v) is 9.66. The molecular formula is C22H42BIN6O5. The predicted octanol–water partition coefficient (Wildman–Crippen LogP) is -0.272. The number of hydrogen-bond donors (Lipinski definition) is 6. The maximum Gasteiger partial charge on any atom is 0.312 e. The molecule has 0 bridgehead atoms. The number of nitrogens with two attached hydrogens (primary N) is 1. The fraction of sp³-hybridized carbons (Fsp3) is 0.773. The number of hydrogen-bond acceptors (Lipinski definition) is 5. The van der Waals surface area contributed by atoms with Crippen molar-refractivity contribution in [3.8, 4) is 0 Å². The van der Waals surface area contributed by atoms with Crippen LogP contribution in [0.2, 0.25) is 6.32 Å². The van der Waals surface area contributed by atoms with Crippen LogP contribution in [0.1, 0.15) is 59.3 Å². The first-order chi connectivity index (χ1) is 16.5. The van der Waals surface area contributed by atoms with Gasteiger partial charge in [0.1, 0.15) is 19.9 Å². The third kappa shape index (κ3) is 16.3. The molecule has 6 amide bonds. The highest BCUT2D eigenvalue weighted by Crippen LogP contribution is 2.07. The van der Waals surface area contributed by atoms with Crippen molar-refractivity contribution < 1.29 is 24.0 Å². The Morgan fingerprint density at radius 2 is 1.49 bits per heavy atom. The Bertz CT molecular complexity index is 697. The third-order valence-electron chi connectivity index (χ3n) is 5.39. The molecule has 0 saturated heterocycles. The molecule has 3 atom stereocenters. The van der Waals surface area contributed by atoms with Gasteiger partial charge in [0, 0.05) is 25.6 Å². The van der Waals surface area contributed by atoms with E-state index in [1.165, 1.54) is 0 Å². The largest absolute Gasteiger partial charge is 0.355 e. The van der Waals surface area contributed by atoms with Crippen LogP contribution in [0.3, 0.4) is 0 Å². The Labute approximate surface area is 223 Å². The number of halogens is 1. The Morgan fingerprint density at radius 1 is 0.829 bits per heavy atom. The van der Waals surface area contributed by atoms with Gasteiger partial charge in [-0.05, 0) is 38.5 Å². The van der Waals surface area contributed by atoms with E-state index in [0.717, 1.165) is 19.2 Å². The van der Waals surface area contributed by atoms with Gasteiger partial charge < -0.3 is 32.3 Å². The molecule has 0 saturated carbocycles. The van der Waals surface area contributed by atoms with Crippen molar-refractivity contribution in [1.29, 1.82) is 0 Å². The fourth-order valence-electron chi connectivity index (χ4n) is 3.14. The molecule has 0 aliphatic carbocycles. The maximum absolute atomic E-state index is 13.0. The van der Waals surface area contributed by atoms with Crippen LogP contribution in [0.25, 0.3) is 0 Å². The number of carbonyl (C=O) groups is 5. The monoisotopic (exact) mass is 608 g/mol. The molecule has 1 unspecified atom stereocenters. The normalized spacial score (nSPS) is 13.3. The molecule has 0 rings (SSSR count). The minimum Gasteiger partial charge on any atom is -0.355 e.